The van der Waals surface area contributed by atoms with Crippen LogP contribution in [0.25, 0.3) is 10.9 Å². The summed E-state index contributed by atoms with van der Waals surface area (Å²) in [7, 11) is 0. The van der Waals surface area contributed by atoms with Gasteiger partial charge in [0, 0.05) is 41.8 Å². The second kappa shape index (κ2) is 10.2. The molecule has 7 nitrogen and oxygen atoms in total. The molecule has 4 atom stereocenters. The first kappa shape index (κ1) is 22.9. The largest absolute Gasteiger partial charge is 0.384 e. The minimum absolute atomic E-state index is 0.00927. The van der Waals surface area contributed by atoms with E-state index < -0.39 is 0 Å². The number of benzene rings is 1. The summed E-state index contributed by atoms with van der Waals surface area (Å²) in [6.45, 7) is 5.72. The summed E-state index contributed by atoms with van der Waals surface area (Å²) in [5, 5.41) is 4.22. The van der Waals surface area contributed by atoms with E-state index in [1.54, 1.807) is 0 Å². The minimum Gasteiger partial charge on any atom is -0.384 e. The van der Waals surface area contributed by atoms with Gasteiger partial charge in [0.1, 0.15) is 11.5 Å². The molecule has 180 valence electrons. The lowest BCUT2D eigenvalue weighted by Crippen LogP contribution is -2.45. The normalized spacial score (nSPS) is 25.6. The average molecular weight is 462 g/mol. The molecule has 3 heterocycles. The van der Waals surface area contributed by atoms with Gasteiger partial charge in [-0.2, -0.15) is 0 Å². The Morgan fingerprint density at radius 2 is 2.09 bits per heavy atom. The van der Waals surface area contributed by atoms with Crippen molar-refractivity contribution >= 4 is 22.6 Å². The zero-order valence-electron chi connectivity index (χ0n) is 19.9. The van der Waals surface area contributed by atoms with Crippen LogP contribution in [0, 0.1) is 11.8 Å². The maximum Gasteiger partial charge on any atom is 0.267 e. The molecule has 1 saturated carbocycles. The molecule has 1 aromatic carbocycles. The molecular formula is C27H35N5O2. The van der Waals surface area contributed by atoms with Gasteiger partial charge in [0.15, 0.2) is 0 Å². The number of pyridine rings is 1. The number of aromatic amines is 1. The monoisotopic (exact) mass is 461 g/mol. The van der Waals surface area contributed by atoms with Crippen molar-refractivity contribution in [3.05, 3.63) is 59.9 Å². The van der Waals surface area contributed by atoms with Crippen molar-refractivity contribution in [1.82, 2.24) is 20.2 Å². The molecule has 2 fully saturated rings. The van der Waals surface area contributed by atoms with Crippen LogP contribution >= 0.6 is 0 Å². The SMILES string of the molecule is C[C@H]1CO[C@@H](c2ccc(N)nc2)CN1CCC1CC[C@@H](CNC(=O)c2cc3ccccc3[nH]2)C1. The number of carbonyl (C=O) groups is 1. The summed E-state index contributed by atoms with van der Waals surface area (Å²) in [6, 6.07) is 14.2. The number of fused-ring (bicyclic) bond motifs is 1. The molecule has 0 spiro atoms. The predicted molar refractivity (Wildman–Crippen MR) is 134 cm³/mol. The fourth-order valence-corrected chi connectivity index (χ4v) is 5.43. The average Bonchev–Trinajstić information content (AvgIpc) is 3.49. The molecule has 34 heavy (non-hydrogen) atoms. The Morgan fingerprint density at radius 1 is 1.24 bits per heavy atom. The number of nitrogens with one attached hydrogen (secondary N) is 2. The van der Waals surface area contributed by atoms with Gasteiger partial charge in [-0.25, -0.2) is 4.98 Å². The first-order valence-corrected chi connectivity index (χ1v) is 12.5. The van der Waals surface area contributed by atoms with Crippen LogP contribution in [0.5, 0.6) is 0 Å². The number of anilines is 1. The molecule has 1 saturated heterocycles. The van der Waals surface area contributed by atoms with Gasteiger partial charge in [0.05, 0.1) is 12.7 Å². The number of carbonyl (C=O) groups excluding carboxylic acids is 1. The molecule has 4 N–H and O–H groups in total. The third-order valence-electron chi connectivity index (χ3n) is 7.54. The molecule has 1 aliphatic carbocycles. The van der Waals surface area contributed by atoms with Gasteiger partial charge in [-0.1, -0.05) is 30.7 Å². The zero-order valence-corrected chi connectivity index (χ0v) is 19.9. The van der Waals surface area contributed by atoms with Crippen molar-refractivity contribution in [2.24, 2.45) is 11.8 Å². The summed E-state index contributed by atoms with van der Waals surface area (Å²) in [5.74, 6) is 1.82. The van der Waals surface area contributed by atoms with E-state index in [9.17, 15) is 4.79 Å². The molecule has 1 unspecified atom stereocenters. The second-order valence-electron chi connectivity index (χ2n) is 10.00. The maximum atomic E-state index is 12.6. The summed E-state index contributed by atoms with van der Waals surface area (Å²) in [4.78, 5) is 22.6. The summed E-state index contributed by atoms with van der Waals surface area (Å²) < 4.78 is 6.08. The third kappa shape index (κ3) is 5.26. The van der Waals surface area contributed by atoms with Gasteiger partial charge < -0.3 is 20.8 Å². The molecule has 5 rings (SSSR count). The van der Waals surface area contributed by atoms with Crippen LogP contribution in [0.2, 0.25) is 0 Å². The Kier molecular flexibility index (Phi) is 6.83. The molecule has 1 aliphatic heterocycles. The van der Waals surface area contributed by atoms with Crippen molar-refractivity contribution in [3.8, 4) is 0 Å². The number of nitrogens with two attached hydrogens (primary N) is 1. The first-order chi connectivity index (χ1) is 16.5. The highest BCUT2D eigenvalue weighted by Crippen LogP contribution is 2.34. The molecule has 0 radical (unpaired) electrons. The van der Waals surface area contributed by atoms with Crippen molar-refractivity contribution in [2.75, 3.05) is 32.0 Å². The number of para-hydroxylation sites is 1. The van der Waals surface area contributed by atoms with E-state index in [0.29, 0.717) is 23.5 Å². The third-order valence-corrected chi connectivity index (χ3v) is 7.54. The lowest BCUT2D eigenvalue weighted by molar-refractivity contribution is -0.0614. The molecular weight excluding hydrogens is 426 g/mol. The van der Waals surface area contributed by atoms with E-state index in [1.165, 1.54) is 25.7 Å². The number of hydrogen-bond donors (Lipinski definition) is 3. The van der Waals surface area contributed by atoms with Gasteiger partial charge in [-0.3, -0.25) is 9.69 Å². The molecule has 7 heteroatoms. The van der Waals surface area contributed by atoms with Gasteiger partial charge in [-0.15, -0.1) is 0 Å². The molecule has 2 aliphatic rings. The Bertz CT molecular complexity index is 1080. The minimum atomic E-state index is -0.00927. The van der Waals surface area contributed by atoms with E-state index in [1.807, 2.05) is 48.7 Å². The first-order valence-electron chi connectivity index (χ1n) is 12.5. The van der Waals surface area contributed by atoms with Gasteiger partial charge >= 0.3 is 0 Å². The van der Waals surface area contributed by atoms with Crippen molar-refractivity contribution in [1.29, 1.82) is 0 Å². The Hall–Kier alpha value is -2.90. The van der Waals surface area contributed by atoms with Gasteiger partial charge in [-0.05, 0) is 62.8 Å². The van der Waals surface area contributed by atoms with Crippen LogP contribution in [0.4, 0.5) is 5.82 Å². The number of H-pyrrole nitrogens is 1. The van der Waals surface area contributed by atoms with E-state index in [0.717, 1.165) is 48.6 Å². The lowest BCUT2D eigenvalue weighted by Gasteiger charge is -2.38. The van der Waals surface area contributed by atoms with E-state index in [-0.39, 0.29) is 12.0 Å². The number of amides is 1. The van der Waals surface area contributed by atoms with Gasteiger partial charge in [0.25, 0.3) is 5.91 Å². The van der Waals surface area contributed by atoms with E-state index >= 15 is 0 Å². The highest BCUT2D eigenvalue weighted by Gasteiger charge is 2.30. The van der Waals surface area contributed by atoms with E-state index in [2.05, 4.69) is 27.1 Å². The van der Waals surface area contributed by atoms with Crippen LogP contribution in [-0.2, 0) is 4.74 Å². The van der Waals surface area contributed by atoms with Crippen molar-refractivity contribution in [3.63, 3.8) is 0 Å². The van der Waals surface area contributed by atoms with Crippen LogP contribution in [0.1, 0.15) is 54.8 Å². The number of nitrogen functional groups attached to an aromatic ring is 1. The standard InChI is InChI=1S/C27H35N5O2/c1-18-17-34-25(22-8-9-26(28)29-15-22)16-32(18)11-10-19-6-7-20(12-19)14-30-27(33)24-13-21-4-2-3-5-23(21)31-24/h2-5,8-9,13,15,18-20,25,31H,6-7,10-12,14,16-17H2,1H3,(H2,28,29)(H,30,33)/t18-,19?,20+,25+/m0/s1. The quantitative estimate of drug-likeness (QED) is 0.491. The number of morpholine rings is 1. The predicted octanol–water partition coefficient (Wildman–Crippen LogP) is 4.14. The second-order valence-corrected chi connectivity index (χ2v) is 10.00. The molecule has 2 aromatic heterocycles. The van der Waals surface area contributed by atoms with Crippen LogP contribution in [-0.4, -0.2) is 53.1 Å². The Morgan fingerprint density at radius 3 is 2.91 bits per heavy atom. The fraction of sp³-hybridized carbons (Fsp3) is 0.481. The summed E-state index contributed by atoms with van der Waals surface area (Å²) in [5.41, 5.74) is 8.47. The highest BCUT2D eigenvalue weighted by molar-refractivity contribution is 5.97. The molecule has 3 aromatic rings. The number of ether oxygens (including phenoxy) is 1. The molecule has 1 amide bonds. The fourth-order valence-electron chi connectivity index (χ4n) is 5.43. The lowest BCUT2D eigenvalue weighted by atomic mass is 10.00. The van der Waals surface area contributed by atoms with Crippen LogP contribution in [0.15, 0.2) is 48.7 Å². The topological polar surface area (TPSA) is 96.3 Å². The van der Waals surface area contributed by atoms with Crippen LogP contribution < -0.4 is 11.1 Å². The van der Waals surface area contributed by atoms with Gasteiger partial charge in [0.2, 0.25) is 0 Å². The number of nitrogens with zero attached hydrogens (tertiary/aromatic N) is 2. The Labute approximate surface area is 201 Å². The number of aromatic nitrogens is 2. The maximum absolute atomic E-state index is 12.6. The summed E-state index contributed by atoms with van der Waals surface area (Å²) >= 11 is 0. The van der Waals surface area contributed by atoms with E-state index in [4.69, 9.17) is 10.5 Å². The number of rotatable bonds is 7. The number of hydrogen-bond acceptors (Lipinski definition) is 5. The highest BCUT2D eigenvalue weighted by atomic mass is 16.5. The Balaban J connectivity index is 1.07. The van der Waals surface area contributed by atoms with Crippen molar-refractivity contribution < 1.29 is 9.53 Å². The van der Waals surface area contributed by atoms with Crippen molar-refractivity contribution in [2.45, 2.75) is 44.8 Å². The summed E-state index contributed by atoms with van der Waals surface area (Å²) in [6.07, 6.45) is 6.72. The zero-order chi connectivity index (χ0) is 23.5. The smallest absolute Gasteiger partial charge is 0.267 e. The molecule has 0 bridgehead atoms. The van der Waals surface area contributed by atoms with Crippen LogP contribution in [0.3, 0.4) is 0 Å².